The number of nitrogens with zero attached hydrogens (tertiary/aromatic N) is 1. The maximum absolute atomic E-state index is 12.9. The summed E-state index contributed by atoms with van der Waals surface area (Å²) in [6.07, 6.45) is 7.25. The number of carbonyl (C=O) groups excluding carboxylic acids is 2. The molecule has 0 radical (unpaired) electrons. The van der Waals surface area contributed by atoms with E-state index in [0.29, 0.717) is 23.6 Å². The van der Waals surface area contributed by atoms with E-state index in [1.54, 1.807) is 0 Å². The van der Waals surface area contributed by atoms with Crippen LogP contribution in [0.1, 0.15) is 63.5 Å². The highest BCUT2D eigenvalue weighted by atomic mass is 16.5. The molecule has 4 aliphatic rings. The lowest BCUT2D eigenvalue weighted by atomic mass is 9.60. The number of rotatable bonds is 3. The number of esters is 1. The molecule has 3 aliphatic carbocycles. The molecule has 1 aromatic rings. The topological polar surface area (TPSA) is 46.6 Å². The summed E-state index contributed by atoms with van der Waals surface area (Å²) < 4.78 is 5.63. The minimum absolute atomic E-state index is 0.0251. The van der Waals surface area contributed by atoms with Crippen LogP contribution in [-0.2, 0) is 21.4 Å². The van der Waals surface area contributed by atoms with Gasteiger partial charge in [-0.1, -0.05) is 19.9 Å². The minimum atomic E-state index is -0.0830. The highest BCUT2D eigenvalue weighted by molar-refractivity contribution is 5.81. The molecule has 27 heavy (non-hydrogen) atoms. The number of likely N-dealkylation sites (tertiary alicyclic amines) is 1. The quantitative estimate of drug-likeness (QED) is 0.602. The average Bonchev–Trinajstić information content (AvgIpc) is 3.54. The summed E-state index contributed by atoms with van der Waals surface area (Å²) in [6.45, 7) is 5.53. The fourth-order valence-corrected chi connectivity index (χ4v) is 5.33. The van der Waals surface area contributed by atoms with E-state index in [4.69, 9.17) is 4.74 Å². The van der Waals surface area contributed by atoms with Crippen LogP contribution in [0, 0.1) is 17.8 Å². The van der Waals surface area contributed by atoms with Gasteiger partial charge in [-0.15, -0.1) is 0 Å². The molecule has 4 heteroatoms. The van der Waals surface area contributed by atoms with E-state index in [1.165, 1.54) is 11.1 Å². The number of piperidine rings is 1. The normalized spacial score (nSPS) is 28.9. The molecule has 1 heterocycles. The van der Waals surface area contributed by atoms with Crippen molar-refractivity contribution in [3.63, 3.8) is 0 Å². The highest BCUT2D eigenvalue weighted by Gasteiger charge is 2.49. The van der Waals surface area contributed by atoms with Crippen molar-refractivity contribution in [3.8, 4) is 5.75 Å². The van der Waals surface area contributed by atoms with Gasteiger partial charge in [-0.2, -0.15) is 0 Å². The standard InChI is InChI=1S/C23H29NO3/c1-23(2)18-4-3-11-24(21(25)14-5-6-14)20(18)12-16-9-10-17(13-19(16)23)27-22(26)15-7-8-15/h9-10,13-15,18,20H,3-8,11-12H2,1-2H3. The second kappa shape index (κ2) is 6.08. The van der Waals surface area contributed by atoms with Crippen LogP contribution >= 0.6 is 0 Å². The predicted molar refractivity (Wildman–Crippen MR) is 102 cm³/mol. The molecule has 0 bridgehead atoms. The number of hydrogen-bond donors (Lipinski definition) is 0. The van der Waals surface area contributed by atoms with Crippen LogP contribution in [0.25, 0.3) is 0 Å². The van der Waals surface area contributed by atoms with Crippen LogP contribution in [0.3, 0.4) is 0 Å². The number of amides is 1. The molecule has 0 N–H and O–H groups in total. The van der Waals surface area contributed by atoms with Crippen molar-refractivity contribution < 1.29 is 14.3 Å². The lowest BCUT2D eigenvalue weighted by molar-refractivity contribution is -0.139. The number of fused-ring (bicyclic) bond motifs is 2. The Kier molecular flexibility index (Phi) is 3.89. The Morgan fingerprint density at radius 1 is 1.07 bits per heavy atom. The number of ether oxygens (including phenoxy) is 1. The molecule has 4 nitrogen and oxygen atoms in total. The third kappa shape index (κ3) is 2.97. The van der Waals surface area contributed by atoms with Crippen LogP contribution in [0.15, 0.2) is 18.2 Å². The Morgan fingerprint density at radius 3 is 2.52 bits per heavy atom. The third-order valence-electron chi connectivity index (χ3n) is 7.25. The van der Waals surface area contributed by atoms with Gasteiger partial charge in [0, 0.05) is 18.5 Å². The molecule has 1 saturated heterocycles. The van der Waals surface area contributed by atoms with Gasteiger partial charge in [-0.25, -0.2) is 0 Å². The average molecular weight is 367 g/mol. The minimum Gasteiger partial charge on any atom is -0.426 e. The lowest BCUT2D eigenvalue weighted by Crippen LogP contribution is -2.57. The fraction of sp³-hybridized carbons (Fsp3) is 0.652. The molecule has 2 atom stereocenters. The molecule has 0 aromatic heterocycles. The Morgan fingerprint density at radius 2 is 1.81 bits per heavy atom. The van der Waals surface area contributed by atoms with Crippen molar-refractivity contribution in [1.82, 2.24) is 4.90 Å². The van der Waals surface area contributed by atoms with Crippen molar-refractivity contribution in [1.29, 1.82) is 0 Å². The summed E-state index contributed by atoms with van der Waals surface area (Å²) in [5.41, 5.74) is 2.58. The van der Waals surface area contributed by atoms with Crippen LogP contribution in [0.4, 0.5) is 0 Å². The second-order valence-corrected chi connectivity index (χ2v) is 9.56. The summed E-state index contributed by atoms with van der Waals surface area (Å²) in [7, 11) is 0. The van der Waals surface area contributed by atoms with Gasteiger partial charge in [0.05, 0.1) is 5.92 Å². The molecule has 2 unspecified atom stereocenters. The van der Waals surface area contributed by atoms with Crippen molar-refractivity contribution in [2.75, 3.05) is 6.54 Å². The van der Waals surface area contributed by atoms with E-state index >= 15 is 0 Å². The summed E-state index contributed by atoms with van der Waals surface area (Å²) in [5, 5.41) is 0. The van der Waals surface area contributed by atoms with Crippen molar-refractivity contribution in [3.05, 3.63) is 29.3 Å². The van der Waals surface area contributed by atoms with Crippen molar-refractivity contribution in [2.24, 2.45) is 17.8 Å². The van der Waals surface area contributed by atoms with E-state index in [9.17, 15) is 9.59 Å². The predicted octanol–water partition coefficient (Wildman–Crippen LogP) is 3.85. The van der Waals surface area contributed by atoms with Gasteiger partial charge in [0.25, 0.3) is 0 Å². The van der Waals surface area contributed by atoms with Gasteiger partial charge in [0.2, 0.25) is 5.91 Å². The first-order chi connectivity index (χ1) is 12.9. The van der Waals surface area contributed by atoms with E-state index in [2.05, 4.69) is 30.9 Å². The smallest absolute Gasteiger partial charge is 0.314 e. The first-order valence-corrected chi connectivity index (χ1v) is 10.6. The van der Waals surface area contributed by atoms with E-state index < -0.39 is 0 Å². The Hall–Kier alpha value is -1.84. The summed E-state index contributed by atoms with van der Waals surface area (Å²) in [4.78, 5) is 27.1. The highest BCUT2D eigenvalue weighted by Crippen LogP contribution is 2.49. The first-order valence-electron chi connectivity index (χ1n) is 10.6. The third-order valence-corrected chi connectivity index (χ3v) is 7.25. The van der Waals surface area contributed by atoms with Crippen LogP contribution in [0.5, 0.6) is 5.75 Å². The largest absolute Gasteiger partial charge is 0.426 e. The molecular formula is C23H29NO3. The molecule has 1 amide bonds. The lowest BCUT2D eigenvalue weighted by Gasteiger charge is -2.52. The van der Waals surface area contributed by atoms with Gasteiger partial charge in [0.1, 0.15) is 5.75 Å². The molecule has 5 rings (SSSR count). The molecular weight excluding hydrogens is 338 g/mol. The molecule has 1 aliphatic heterocycles. The number of benzene rings is 1. The van der Waals surface area contributed by atoms with E-state index in [0.717, 1.165) is 51.5 Å². The Bertz CT molecular complexity index is 791. The maximum Gasteiger partial charge on any atom is 0.314 e. The zero-order valence-electron chi connectivity index (χ0n) is 16.4. The number of hydrogen-bond acceptors (Lipinski definition) is 3. The summed E-state index contributed by atoms with van der Waals surface area (Å²) in [6, 6.07) is 6.46. The molecule has 3 fully saturated rings. The molecule has 2 saturated carbocycles. The van der Waals surface area contributed by atoms with E-state index in [1.807, 2.05) is 6.07 Å². The van der Waals surface area contributed by atoms with Crippen LogP contribution < -0.4 is 4.74 Å². The number of carbonyl (C=O) groups is 2. The second-order valence-electron chi connectivity index (χ2n) is 9.56. The van der Waals surface area contributed by atoms with Crippen LogP contribution in [-0.4, -0.2) is 29.4 Å². The Labute approximate surface area is 161 Å². The molecule has 144 valence electrons. The van der Waals surface area contributed by atoms with Gasteiger partial charge in [0.15, 0.2) is 0 Å². The fourth-order valence-electron chi connectivity index (χ4n) is 5.33. The van der Waals surface area contributed by atoms with Gasteiger partial charge >= 0.3 is 5.97 Å². The molecule has 0 spiro atoms. The summed E-state index contributed by atoms with van der Waals surface area (Å²) >= 11 is 0. The SMILES string of the molecule is CC1(C)c2cc(OC(=O)C3CC3)ccc2CC2C1CCCN2C(=O)C1CC1. The van der Waals surface area contributed by atoms with Crippen LogP contribution in [0.2, 0.25) is 0 Å². The molecule has 1 aromatic carbocycles. The van der Waals surface area contributed by atoms with E-state index in [-0.39, 0.29) is 23.2 Å². The van der Waals surface area contributed by atoms with Gasteiger partial charge in [-0.05, 0) is 79.5 Å². The van der Waals surface area contributed by atoms with Gasteiger partial charge in [-0.3, -0.25) is 9.59 Å². The van der Waals surface area contributed by atoms with Crippen molar-refractivity contribution >= 4 is 11.9 Å². The first kappa shape index (κ1) is 17.3. The maximum atomic E-state index is 12.9. The zero-order chi connectivity index (χ0) is 18.8. The monoisotopic (exact) mass is 367 g/mol. The zero-order valence-corrected chi connectivity index (χ0v) is 16.4. The van der Waals surface area contributed by atoms with Gasteiger partial charge < -0.3 is 9.64 Å². The Balaban J connectivity index is 1.45. The summed E-state index contributed by atoms with van der Waals surface area (Å²) in [5.74, 6) is 1.85. The van der Waals surface area contributed by atoms with Crippen molar-refractivity contribution in [2.45, 2.75) is 70.3 Å².